The molecule has 4 nitrogen and oxygen atoms in total. The first-order valence-electron chi connectivity index (χ1n) is 5.74. The number of furan rings is 1. The minimum Gasteiger partial charge on any atom is -0.467 e. The molecule has 94 valence electrons. The lowest BCUT2D eigenvalue weighted by molar-refractivity contribution is -0.129. The van der Waals surface area contributed by atoms with Gasteiger partial charge in [0.2, 0.25) is 0 Å². The zero-order chi connectivity index (χ0) is 13.0. The molecular formula is C14H16N2O2. The van der Waals surface area contributed by atoms with Gasteiger partial charge in [0.05, 0.1) is 6.26 Å². The first-order valence-corrected chi connectivity index (χ1v) is 5.74. The van der Waals surface area contributed by atoms with Crippen LogP contribution in [0.3, 0.4) is 0 Å². The molecule has 2 aromatic rings. The van der Waals surface area contributed by atoms with E-state index in [0.29, 0.717) is 5.76 Å². The predicted molar refractivity (Wildman–Crippen MR) is 70.2 cm³/mol. The number of amides is 1. The fraction of sp³-hybridized carbons (Fsp3) is 0.214. The minimum absolute atomic E-state index is 0.0474. The van der Waals surface area contributed by atoms with Crippen molar-refractivity contribution in [3.05, 3.63) is 54.5 Å². The second kappa shape index (κ2) is 5.40. The van der Waals surface area contributed by atoms with E-state index in [0.717, 1.165) is 5.69 Å². The molecule has 1 aromatic carbocycles. The Hall–Kier alpha value is -2.23. The Morgan fingerprint density at radius 1 is 1.17 bits per heavy atom. The number of benzene rings is 1. The van der Waals surface area contributed by atoms with E-state index in [2.05, 4.69) is 5.32 Å². The number of hydrogen-bond donors (Lipinski definition) is 1. The number of likely N-dealkylation sites (N-methyl/N-ethyl adjacent to an activating group) is 1. The molecule has 0 aliphatic heterocycles. The first-order chi connectivity index (χ1) is 8.68. The van der Waals surface area contributed by atoms with Crippen molar-refractivity contribution >= 4 is 11.6 Å². The lowest BCUT2D eigenvalue weighted by Gasteiger charge is -2.20. The van der Waals surface area contributed by atoms with Gasteiger partial charge in [-0.2, -0.15) is 0 Å². The van der Waals surface area contributed by atoms with E-state index in [9.17, 15) is 4.79 Å². The van der Waals surface area contributed by atoms with Crippen LogP contribution in [0.2, 0.25) is 0 Å². The SMILES string of the molecule is CN(C)C(=O)C(Nc1ccccc1)c1ccco1. The Kier molecular flexibility index (Phi) is 3.67. The molecule has 0 radical (unpaired) electrons. The van der Waals surface area contributed by atoms with Crippen molar-refractivity contribution < 1.29 is 9.21 Å². The quantitative estimate of drug-likeness (QED) is 0.898. The molecule has 0 aliphatic rings. The van der Waals surface area contributed by atoms with Gasteiger partial charge in [-0.1, -0.05) is 18.2 Å². The third-order valence-corrected chi connectivity index (χ3v) is 2.60. The number of para-hydroxylation sites is 1. The van der Waals surface area contributed by atoms with Crippen molar-refractivity contribution in [2.24, 2.45) is 0 Å². The molecule has 0 spiro atoms. The van der Waals surface area contributed by atoms with Crippen LogP contribution < -0.4 is 5.32 Å². The molecule has 1 atom stereocenters. The summed E-state index contributed by atoms with van der Waals surface area (Å²) < 4.78 is 5.33. The molecule has 1 N–H and O–H groups in total. The summed E-state index contributed by atoms with van der Waals surface area (Å²) in [5.41, 5.74) is 0.883. The molecule has 0 fully saturated rings. The third-order valence-electron chi connectivity index (χ3n) is 2.60. The highest BCUT2D eigenvalue weighted by Gasteiger charge is 2.24. The number of anilines is 1. The van der Waals surface area contributed by atoms with Crippen LogP contribution in [0.4, 0.5) is 5.69 Å². The lowest BCUT2D eigenvalue weighted by atomic mass is 10.2. The molecule has 4 heteroatoms. The maximum Gasteiger partial charge on any atom is 0.252 e. The van der Waals surface area contributed by atoms with Crippen LogP contribution in [0.15, 0.2) is 53.1 Å². The summed E-state index contributed by atoms with van der Waals surface area (Å²) in [6, 6.07) is 12.7. The minimum atomic E-state index is -0.502. The number of nitrogens with zero attached hydrogens (tertiary/aromatic N) is 1. The van der Waals surface area contributed by atoms with Crippen LogP contribution in [0.5, 0.6) is 0 Å². The highest BCUT2D eigenvalue weighted by atomic mass is 16.3. The Balaban J connectivity index is 2.23. The summed E-state index contributed by atoms with van der Waals surface area (Å²) in [5.74, 6) is 0.561. The highest BCUT2D eigenvalue weighted by Crippen LogP contribution is 2.21. The average Bonchev–Trinajstić information content (AvgIpc) is 2.90. The zero-order valence-corrected chi connectivity index (χ0v) is 10.5. The predicted octanol–water partition coefficient (Wildman–Crippen LogP) is 2.52. The van der Waals surface area contributed by atoms with Crippen LogP contribution >= 0.6 is 0 Å². The Bertz CT molecular complexity index is 492. The van der Waals surface area contributed by atoms with Gasteiger partial charge >= 0.3 is 0 Å². The Morgan fingerprint density at radius 2 is 1.89 bits per heavy atom. The summed E-state index contributed by atoms with van der Waals surface area (Å²) in [5, 5.41) is 3.18. The van der Waals surface area contributed by atoms with Crippen molar-refractivity contribution in [2.75, 3.05) is 19.4 Å². The largest absolute Gasteiger partial charge is 0.467 e. The van der Waals surface area contributed by atoms with Crippen LogP contribution in [0, 0.1) is 0 Å². The fourth-order valence-electron chi connectivity index (χ4n) is 1.67. The Morgan fingerprint density at radius 3 is 2.44 bits per heavy atom. The molecule has 0 saturated heterocycles. The van der Waals surface area contributed by atoms with Gasteiger partial charge in [-0.25, -0.2) is 0 Å². The van der Waals surface area contributed by atoms with E-state index in [1.807, 2.05) is 30.3 Å². The van der Waals surface area contributed by atoms with Gasteiger partial charge < -0.3 is 14.6 Å². The van der Waals surface area contributed by atoms with E-state index < -0.39 is 6.04 Å². The number of carbonyl (C=O) groups excluding carboxylic acids is 1. The number of hydrogen-bond acceptors (Lipinski definition) is 3. The summed E-state index contributed by atoms with van der Waals surface area (Å²) in [7, 11) is 3.45. The number of nitrogens with one attached hydrogen (secondary N) is 1. The van der Waals surface area contributed by atoms with Gasteiger partial charge in [0.15, 0.2) is 6.04 Å². The molecule has 1 aromatic heterocycles. The second-order valence-electron chi connectivity index (χ2n) is 4.19. The molecular weight excluding hydrogens is 228 g/mol. The van der Waals surface area contributed by atoms with Gasteiger partial charge in [-0.05, 0) is 24.3 Å². The normalized spacial score (nSPS) is 11.9. The number of rotatable bonds is 4. The highest BCUT2D eigenvalue weighted by molar-refractivity contribution is 5.85. The maximum absolute atomic E-state index is 12.1. The van der Waals surface area contributed by atoms with Crippen molar-refractivity contribution in [3.8, 4) is 0 Å². The summed E-state index contributed by atoms with van der Waals surface area (Å²) in [4.78, 5) is 13.7. The molecule has 1 unspecified atom stereocenters. The van der Waals surface area contributed by atoms with Gasteiger partial charge in [0.25, 0.3) is 5.91 Å². The van der Waals surface area contributed by atoms with Gasteiger partial charge in [0.1, 0.15) is 5.76 Å². The van der Waals surface area contributed by atoms with Crippen LogP contribution in [0.1, 0.15) is 11.8 Å². The van der Waals surface area contributed by atoms with Crippen molar-refractivity contribution in [1.82, 2.24) is 4.90 Å². The second-order valence-corrected chi connectivity index (χ2v) is 4.19. The Labute approximate surface area is 106 Å². The standard InChI is InChI=1S/C14H16N2O2/c1-16(2)14(17)13(12-9-6-10-18-12)15-11-7-4-3-5-8-11/h3-10,13,15H,1-2H3. The van der Waals surface area contributed by atoms with E-state index in [1.165, 1.54) is 0 Å². The van der Waals surface area contributed by atoms with Crippen molar-refractivity contribution in [2.45, 2.75) is 6.04 Å². The van der Waals surface area contributed by atoms with Gasteiger partial charge in [0, 0.05) is 19.8 Å². The topological polar surface area (TPSA) is 45.5 Å². The first kappa shape index (κ1) is 12.2. The monoisotopic (exact) mass is 244 g/mol. The van der Waals surface area contributed by atoms with Crippen molar-refractivity contribution in [1.29, 1.82) is 0 Å². The molecule has 0 aliphatic carbocycles. The molecule has 18 heavy (non-hydrogen) atoms. The van der Waals surface area contributed by atoms with E-state index in [-0.39, 0.29) is 5.91 Å². The molecule has 0 saturated carbocycles. The number of carbonyl (C=O) groups is 1. The fourth-order valence-corrected chi connectivity index (χ4v) is 1.67. The maximum atomic E-state index is 12.1. The zero-order valence-electron chi connectivity index (χ0n) is 10.5. The summed E-state index contributed by atoms with van der Waals surface area (Å²) >= 11 is 0. The average molecular weight is 244 g/mol. The van der Waals surface area contributed by atoms with Crippen LogP contribution in [-0.2, 0) is 4.79 Å². The van der Waals surface area contributed by atoms with Crippen LogP contribution in [-0.4, -0.2) is 24.9 Å². The van der Waals surface area contributed by atoms with E-state index >= 15 is 0 Å². The molecule has 1 amide bonds. The third kappa shape index (κ3) is 2.71. The van der Waals surface area contributed by atoms with Crippen LogP contribution in [0.25, 0.3) is 0 Å². The van der Waals surface area contributed by atoms with E-state index in [1.54, 1.807) is 37.4 Å². The van der Waals surface area contributed by atoms with E-state index in [4.69, 9.17) is 4.42 Å². The smallest absolute Gasteiger partial charge is 0.252 e. The van der Waals surface area contributed by atoms with Gasteiger partial charge in [-0.15, -0.1) is 0 Å². The van der Waals surface area contributed by atoms with Crippen molar-refractivity contribution in [3.63, 3.8) is 0 Å². The molecule has 0 bridgehead atoms. The lowest BCUT2D eigenvalue weighted by Crippen LogP contribution is -2.32. The molecule has 2 rings (SSSR count). The summed E-state index contributed by atoms with van der Waals surface area (Å²) in [6.45, 7) is 0. The molecule has 1 heterocycles. The van der Waals surface area contributed by atoms with Gasteiger partial charge in [-0.3, -0.25) is 4.79 Å². The summed E-state index contributed by atoms with van der Waals surface area (Å²) in [6.07, 6.45) is 1.57.